The van der Waals surface area contributed by atoms with Crippen LogP contribution in [0.1, 0.15) is 4.88 Å². The molecule has 1 fully saturated rings. The first kappa shape index (κ1) is 17.2. The van der Waals surface area contributed by atoms with E-state index in [2.05, 4.69) is 65.3 Å². The number of rotatable bonds is 3. The molecule has 0 spiro atoms. The molecule has 140 valence electrons. The van der Waals surface area contributed by atoms with Crippen molar-refractivity contribution in [1.29, 1.82) is 0 Å². The van der Waals surface area contributed by atoms with E-state index in [0.717, 1.165) is 48.2 Å². The number of hydrogen-bond donors (Lipinski definition) is 0. The number of hydrogen-bond acceptors (Lipinski definition) is 5. The third kappa shape index (κ3) is 3.22. The number of benzene rings is 2. The number of piperazine rings is 1. The molecule has 1 saturated heterocycles. The summed E-state index contributed by atoms with van der Waals surface area (Å²) < 4.78 is 0. The molecule has 0 bridgehead atoms. The standard InChI is InChI=1S/C23H22N4S/c1-17-16-20-22(24-21(25-23(20)28-17)18-8-4-2-5-9-18)27-14-12-26(13-15-27)19-10-6-3-7-11-19/h2-11,16H,12-15H2,1H3. The van der Waals surface area contributed by atoms with Crippen molar-refractivity contribution >= 4 is 33.1 Å². The lowest BCUT2D eigenvalue weighted by atomic mass is 10.2. The summed E-state index contributed by atoms with van der Waals surface area (Å²) >= 11 is 1.75. The fourth-order valence-corrected chi connectivity index (χ4v) is 4.67. The second-order valence-corrected chi connectivity index (χ2v) is 8.36. The summed E-state index contributed by atoms with van der Waals surface area (Å²) in [5.74, 6) is 1.89. The van der Waals surface area contributed by atoms with Crippen LogP contribution in [0.3, 0.4) is 0 Å². The SMILES string of the molecule is Cc1cc2c(N3CCN(c4ccccc4)CC3)nc(-c3ccccc3)nc2s1. The summed E-state index contributed by atoms with van der Waals surface area (Å²) in [6, 6.07) is 23.2. The van der Waals surface area contributed by atoms with Crippen LogP contribution in [0.25, 0.3) is 21.6 Å². The molecule has 0 amide bonds. The van der Waals surface area contributed by atoms with E-state index in [1.807, 2.05) is 18.2 Å². The lowest BCUT2D eigenvalue weighted by molar-refractivity contribution is 0.649. The Balaban J connectivity index is 1.48. The molecule has 0 atom stereocenters. The van der Waals surface area contributed by atoms with E-state index in [4.69, 9.17) is 9.97 Å². The van der Waals surface area contributed by atoms with Gasteiger partial charge in [0.2, 0.25) is 0 Å². The Morgan fingerprint density at radius 2 is 1.43 bits per heavy atom. The smallest absolute Gasteiger partial charge is 0.163 e. The van der Waals surface area contributed by atoms with Crippen molar-refractivity contribution in [1.82, 2.24) is 9.97 Å². The van der Waals surface area contributed by atoms with Gasteiger partial charge in [-0.2, -0.15) is 0 Å². The molecule has 1 aliphatic rings. The van der Waals surface area contributed by atoms with Crippen LogP contribution >= 0.6 is 11.3 Å². The molecule has 0 saturated carbocycles. The molecule has 0 unspecified atom stereocenters. The Hall–Kier alpha value is -2.92. The van der Waals surface area contributed by atoms with E-state index in [9.17, 15) is 0 Å². The van der Waals surface area contributed by atoms with Crippen molar-refractivity contribution in [3.05, 3.63) is 71.6 Å². The second kappa shape index (κ2) is 7.24. The molecule has 5 heteroatoms. The maximum atomic E-state index is 5.01. The number of nitrogens with zero attached hydrogens (tertiary/aromatic N) is 4. The van der Waals surface area contributed by atoms with Crippen molar-refractivity contribution < 1.29 is 0 Å². The van der Waals surface area contributed by atoms with Crippen LogP contribution in [-0.2, 0) is 0 Å². The molecule has 1 aliphatic heterocycles. The summed E-state index contributed by atoms with van der Waals surface area (Å²) in [5.41, 5.74) is 2.37. The number of anilines is 2. The first-order valence-electron chi connectivity index (χ1n) is 9.66. The van der Waals surface area contributed by atoms with Crippen molar-refractivity contribution in [2.75, 3.05) is 36.0 Å². The van der Waals surface area contributed by atoms with Gasteiger partial charge in [-0.1, -0.05) is 48.5 Å². The first-order valence-corrected chi connectivity index (χ1v) is 10.5. The zero-order valence-electron chi connectivity index (χ0n) is 15.9. The minimum atomic E-state index is 0.815. The van der Waals surface area contributed by atoms with Gasteiger partial charge < -0.3 is 9.80 Å². The van der Waals surface area contributed by atoms with E-state index in [1.54, 1.807) is 11.3 Å². The van der Waals surface area contributed by atoms with Gasteiger partial charge in [-0.15, -0.1) is 11.3 Å². The third-order valence-electron chi connectivity index (χ3n) is 5.23. The molecule has 28 heavy (non-hydrogen) atoms. The molecule has 4 nitrogen and oxygen atoms in total. The Morgan fingerprint density at radius 3 is 2.14 bits per heavy atom. The normalized spacial score (nSPS) is 14.6. The molecule has 0 radical (unpaired) electrons. The minimum absolute atomic E-state index is 0.815. The molecule has 0 N–H and O–H groups in total. The number of para-hydroxylation sites is 1. The lowest BCUT2D eigenvalue weighted by Crippen LogP contribution is -2.46. The maximum Gasteiger partial charge on any atom is 0.163 e. The Bertz CT molecular complexity index is 1080. The highest BCUT2D eigenvalue weighted by Gasteiger charge is 2.22. The van der Waals surface area contributed by atoms with Crippen LogP contribution < -0.4 is 9.80 Å². The molecule has 2 aromatic heterocycles. The molecule has 0 aliphatic carbocycles. The third-order valence-corrected chi connectivity index (χ3v) is 6.17. The fourth-order valence-electron chi connectivity index (χ4n) is 3.80. The van der Waals surface area contributed by atoms with Gasteiger partial charge in [0.1, 0.15) is 10.6 Å². The molecule has 5 rings (SSSR count). The maximum absolute atomic E-state index is 5.01. The highest BCUT2D eigenvalue weighted by atomic mass is 32.1. The van der Waals surface area contributed by atoms with Gasteiger partial charge in [-0.3, -0.25) is 0 Å². The number of aryl methyl sites for hydroxylation is 1. The van der Waals surface area contributed by atoms with E-state index in [1.165, 1.54) is 16.0 Å². The van der Waals surface area contributed by atoms with Crippen molar-refractivity contribution in [2.45, 2.75) is 6.92 Å². The topological polar surface area (TPSA) is 32.3 Å². The summed E-state index contributed by atoms with van der Waals surface area (Å²) in [6.45, 7) is 6.07. The summed E-state index contributed by atoms with van der Waals surface area (Å²) in [5, 5.41) is 1.18. The van der Waals surface area contributed by atoms with E-state index >= 15 is 0 Å². The van der Waals surface area contributed by atoms with Crippen LogP contribution in [0.15, 0.2) is 66.7 Å². The van der Waals surface area contributed by atoms with Gasteiger partial charge in [0.15, 0.2) is 5.82 Å². The Kier molecular flexibility index (Phi) is 4.45. The van der Waals surface area contributed by atoms with E-state index in [-0.39, 0.29) is 0 Å². The highest BCUT2D eigenvalue weighted by Crippen LogP contribution is 2.33. The average Bonchev–Trinajstić information content (AvgIpc) is 3.14. The monoisotopic (exact) mass is 386 g/mol. The minimum Gasteiger partial charge on any atom is -0.368 e. The highest BCUT2D eigenvalue weighted by molar-refractivity contribution is 7.18. The zero-order valence-corrected chi connectivity index (χ0v) is 16.7. The predicted molar refractivity (Wildman–Crippen MR) is 118 cm³/mol. The zero-order chi connectivity index (χ0) is 18.9. The van der Waals surface area contributed by atoms with Crippen LogP contribution in [0.4, 0.5) is 11.5 Å². The van der Waals surface area contributed by atoms with Gasteiger partial charge in [0, 0.05) is 42.3 Å². The van der Waals surface area contributed by atoms with E-state index in [0.29, 0.717) is 0 Å². The second-order valence-electron chi connectivity index (χ2n) is 7.12. The quantitative estimate of drug-likeness (QED) is 0.496. The molecule has 3 heterocycles. The van der Waals surface area contributed by atoms with Crippen LogP contribution in [0.2, 0.25) is 0 Å². The predicted octanol–water partition coefficient (Wildman–Crippen LogP) is 4.99. The number of fused-ring (bicyclic) bond motifs is 1. The van der Waals surface area contributed by atoms with Crippen molar-refractivity contribution in [2.24, 2.45) is 0 Å². The van der Waals surface area contributed by atoms with Crippen LogP contribution in [0.5, 0.6) is 0 Å². The summed E-state index contributed by atoms with van der Waals surface area (Å²) in [6.07, 6.45) is 0. The van der Waals surface area contributed by atoms with Gasteiger partial charge in [-0.05, 0) is 25.1 Å². The largest absolute Gasteiger partial charge is 0.368 e. The van der Waals surface area contributed by atoms with Gasteiger partial charge in [0.25, 0.3) is 0 Å². The average molecular weight is 387 g/mol. The molecular weight excluding hydrogens is 364 g/mol. The van der Waals surface area contributed by atoms with Crippen molar-refractivity contribution in [3.8, 4) is 11.4 Å². The first-order chi connectivity index (χ1) is 13.8. The van der Waals surface area contributed by atoms with Crippen LogP contribution in [0, 0.1) is 6.92 Å². The van der Waals surface area contributed by atoms with Gasteiger partial charge in [-0.25, -0.2) is 9.97 Å². The van der Waals surface area contributed by atoms with Crippen molar-refractivity contribution in [3.63, 3.8) is 0 Å². The summed E-state index contributed by atoms with van der Waals surface area (Å²) in [4.78, 5) is 17.1. The number of thiophene rings is 1. The Labute approximate surface area is 169 Å². The summed E-state index contributed by atoms with van der Waals surface area (Å²) in [7, 11) is 0. The Morgan fingerprint density at radius 1 is 0.786 bits per heavy atom. The number of aromatic nitrogens is 2. The molecule has 2 aromatic carbocycles. The fraction of sp³-hybridized carbons (Fsp3) is 0.217. The van der Waals surface area contributed by atoms with Gasteiger partial charge in [0.05, 0.1) is 5.39 Å². The van der Waals surface area contributed by atoms with Gasteiger partial charge >= 0.3 is 0 Å². The van der Waals surface area contributed by atoms with E-state index < -0.39 is 0 Å². The lowest BCUT2D eigenvalue weighted by Gasteiger charge is -2.37. The van der Waals surface area contributed by atoms with Crippen LogP contribution in [-0.4, -0.2) is 36.1 Å². The molecular formula is C23H22N4S. The molecule has 4 aromatic rings.